The van der Waals surface area contributed by atoms with Crippen LogP contribution in [0.4, 0.5) is 0 Å². The summed E-state index contributed by atoms with van der Waals surface area (Å²) in [4.78, 5) is 7.84. The molecule has 0 fully saturated rings. The Morgan fingerprint density at radius 3 is 2.95 bits per heavy atom. The standard InChI is InChI=1S/C17H18N4/c1-11-4-2-3-5-14(11)12-6-15-16(13-8-20-21-9-13)10-19-17(15)18-7-12/h5-11H,2-4H2,1H3,(H,18,19)(H,20,21). The number of nitrogens with zero attached hydrogens (tertiary/aromatic N) is 2. The summed E-state index contributed by atoms with van der Waals surface area (Å²) in [6.07, 6.45) is 13.9. The third-order valence-corrected chi connectivity index (χ3v) is 4.41. The maximum absolute atomic E-state index is 4.59. The lowest BCUT2D eigenvalue weighted by Gasteiger charge is -2.20. The minimum absolute atomic E-state index is 0.620. The van der Waals surface area contributed by atoms with Gasteiger partial charge in [0.15, 0.2) is 0 Å². The van der Waals surface area contributed by atoms with Crippen LogP contribution in [-0.2, 0) is 0 Å². The number of fused-ring (bicyclic) bond motifs is 1. The minimum atomic E-state index is 0.620. The molecule has 1 unspecified atom stereocenters. The third kappa shape index (κ3) is 2.07. The van der Waals surface area contributed by atoms with E-state index in [1.54, 1.807) is 0 Å². The molecule has 0 saturated carbocycles. The molecule has 1 atom stereocenters. The minimum Gasteiger partial charge on any atom is -0.346 e. The molecule has 1 aliphatic rings. The van der Waals surface area contributed by atoms with Crippen LogP contribution in [0.25, 0.3) is 27.7 Å². The maximum Gasteiger partial charge on any atom is 0.137 e. The van der Waals surface area contributed by atoms with Gasteiger partial charge in [-0.15, -0.1) is 0 Å². The van der Waals surface area contributed by atoms with Crippen molar-refractivity contribution in [1.29, 1.82) is 0 Å². The summed E-state index contributed by atoms with van der Waals surface area (Å²) in [5, 5.41) is 8.07. The highest BCUT2D eigenvalue weighted by molar-refractivity contribution is 5.95. The van der Waals surface area contributed by atoms with Crippen LogP contribution in [0.1, 0.15) is 31.7 Å². The first-order chi connectivity index (χ1) is 10.3. The number of hydrogen-bond acceptors (Lipinski definition) is 2. The average Bonchev–Trinajstić information content (AvgIpc) is 3.16. The van der Waals surface area contributed by atoms with Crippen LogP contribution < -0.4 is 0 Å². The van der Waals surface area contributed by atoms with E-state index in [1.165, 1.54) is 30.4 Å². The summed E-state index contributed by atoms with van der Waals surface area (Å²) in [7, 11) is 0. The number of aromatic nitrogens is 4. The Hall–Kier alpha value is -2.36. The van der Waals surface area contributed by atoms with Crippen molar-refractivity contribution in [3.63, 3.8) is 0 Å². The normalized spacial score (nSPS) is 18.9. The SMILES string of the molecule is CC1CCCC=C1c1cnc2[nH]cc(-c3cn[nH]c3)c2c1. The van der Waals surface area contributed by atoms with E-state index in [2.05, 4.69) is 39.2 Å². The zero-order valence-electron chi connectivity index (χ0n) is 12.1. The monoisotopic (exact) mass is 278 g/mol. The van der Waals surface area contributed by atoms with Gasteiger partial charge in [-0.25, -0.2) is 4.98 Å². The van der Waals surface area contributed by atoms with Crippen LogP contribution in [0.2, 0.25) is 0 Å². The molecule has 3 heterocycles. The molecule has 0 radical (unpaired) electrons. The van der Waals surface area contributed by atoms with Gasteiger partial charge >= 0.3 is 0 Å². The number of pyridine rings is 1. The average molecular weight is 278 g/mol. The third-order valence-electron chi connectivity index (χ3n) is 4.41. The molecule has 0 aromatic carbocycles. The van der Waals surface area contributed by atoms with E-state index >= 15 is 0 Å². The lowest BCUT2D eigenvalue weighted by atomic mass is 9.85. The van der Waals surface area contributed by atoms with Crippen molar-refractivity contribution in [2.45, 2.75) is 26.2 Å². The molecule has 4 nitrogen and oxygen atoms in total. The van der Waals surface area contributed by atoms with Crippen molar-refractivity contribution in [3.8, 4) is 11.1 Å². The molecule has 2 N–H and O–H groups in total. The molecule has 21 heavy (non-hydrogen) atoms. The Kier molecular flexibility index (Phi) is 2.88. The molecule has 106 valence electrons. The van der Waals surface area contributed by atoms with Gasteiger partial charge in [0.25, 0.3) is 0 Å². The molecule has 0 bridgehead atoms. The van der Waals surface area contributed by atoms with Crippen molar-refractivity contribution in [2.75, 3.05) is 0 Å². The highest BCUT2D eigenvalue weighted by atomic mass is 15.1. The summed E-state index contributed by atoms with van der Waals surface area (Å²) in [6.45, 7) is 2.31. The summed E-state index contributed by atoms with van der Waals surface area (Å²) in [6, 6.07) is 2.26. The van der Waals surface area contributed by atoms with Crippen molar-refractivity contribution < 1.29 is 0 Å². The Bertz CT molecular complexity index is 795. The van der Waals surface area contributed by atoms with E-state index in [-0.39, 0.29) is 0 Å². The molecular formula is C17H18N4. The molecule has 0 amide bonds. The van der Waals surface area contributed by atoms with Crippen LogP contribution >= 0.6 is 0 Å². The van der Waals surface area contributed by atoms with Gasteiger partial charge in [0, 0.05) is 35.1 Å². The molecule has 0 aliphatic heterocycles. The fourth-order valence-corrected chi connectivity index (χ4v) is 3.24. The van der Waals surface area contributed by atoms with Crippen molar-refractivity contribution in [1.82, 2.24) is 20.2 Å². The zero-order valence-corrected chi connectivity index (χ0v) is 12.1. The topological polar surface area (TPSA) is 57.4 Å². The fourth-order valence-electron chi connectivity index (χ4n) is 3.24. The first-order valence-electron chi connectivity index (χ1n) is 7.49. The van der Waals surface area contributed by atoms with Gasteiger partial charge in [0.05, 0.1) is 6.20 Å². The lowest BCUT2D eigenvalue weighted by Crippen LogP contribution is -2.04. The van der Waals surface area contributed by atoms with Crippen molar-refractivity contribution in [3.05, 3.63) is 42.5 Å². The summed E-state index contributed by atoms with van der Waals surface area (Å²) < 4.78 is 0. The van der Waals surface area contributed by atoms with E-state index in [1.807, 2.05) is 24.8 Å². The molecule has 1 aliphatic carbocycles. The highest BCUT2D eigenvalue weighted by Crippen LogP contribution is 2.34. The predicted molar refractivity (Wildman–Crippen MR) is 84.7 cm³/mol. The first-order valence-corrected chi connectivity index (χ1v) is 7.49. The van der Waals surface area contributed by atoms with E-state index in [0.29, 0.717) is 5.92 Å². The second kappa shape index (κ2) is 4.88. The molecule has 0 saturated heterocycles. The molecule has 4 rings (SSSR count). The van der Waals surface area contributed by atoms with Gasteiger partial charge < -0.3 is 4.98 Å². The molecule has 4 heteroatoms. The van der Waals surface area contributed by atoms with Gasteiger partial charge in [-0.05, 0) is 42.4 Å². The Morgan fingerprint density at radius 1 is 1.19 bits per heavy atom. The molecule has 3 aromatic rings. The second-order valence-electron chi connectivity index (χ2n) is 5.80. The summed E-state index contributed by atoms with van der Waals surface area (Å²) in [5.74, 6) is 0.620. The Morgan fingerprint density at radius 2 is 2.14 bits per heavy atom. The highest BCUT2D eigenvalue weighted by Gasteiger charge is 2.16. The van der Waals surface area contributed by atoms with Crippen molar-refractivity contribution in [2.24, 2.45) is 5.92 Å². The van der Waals surface area contributed by atoms with Crippen LogP contribution in [-0.4, -0.2) is 20.2 Å². The van der Waals surface area contributed by atoms with Crippen LogP contribution in [0.5, 0.6) is 0 Å². The van der Waals surface area contributed by atoms with Gasteiger partial charge in [0.2, 0.25) is 0 Å². The molecule has 3 aromatic heterocycles. The summed E-state index contributed by atoms with van der Waals surface area (Å²) in [5.41, 5.74) is 5.86. The van der Waals surface area contributed by atoms with Crippen molar-refractivity contribution >= 4 is 16.6 Å². The number of rotatable bonds is 2. The lowest BCUT2D eigenvalue weighted by molar-refractivity contribution is 0.601. The van der Waals surface area contributed by atoms with Crippen LogP contribution in [0.3, 0.4) is 0 Å². The van der Waals surface area contributed by atoms with Crippen LogP contribution in [0, 0.1) is 5.92 Å². The number of nitrogens with one attached hydrogen (secondary N) is 2. The van der Waals surface area contributed by atoms with E-state index < -0.39 is 0 Å². The van der Waals surface area contributed by atoms with E-state index in [0.717, 1.165) is 22.2 Å². The predicted octanol–water partition coefficient (Wildman–Crippen LogP) is 4.16. The van der Waals surface area contributed by atoms with Gasteiger partial charge in [-0.2, -0.15) is 5.10 Å². The zero-order chi connectivity index (χ0) is 14.2. The fraction of sp³-hybridized carbons (Fsp3) is 0.294. The smallest absolute Gasteiger partial charge is 0.137 e. The second-order valence-corrected chi connectivity index (χ2v) is 5.80. The number of aromatic amines is 2. The quantitative estimate of drug-likeness (QED) is 0.739. The summed E-state index contributed by atoms with van der Waals surface area (Å²) >= 11 is 0. The Balaban J connectivity index is 1.85. The number of allylic oxidation sites excluding steroid dienone is 2. The molecular weight excluding hydrogens is 260 g/mol. The van der Waals surface area contributed by atoms with Gasteiger partial charge in [0.1, 0.15) is 5.65 Å². The molecule has 0 spiro atoms. The number of H-pyrrole nitrogens is 2. The maximum atomic E-state index is 4.59. The van der Waals surface area contributed by atoms with E-state index in [9.17, 15) is 0 Å². The van der Waals surface area contributed by atoms with Gasteiger partial charge in [-0.1, -0.05) is 13.0 Å². The first kappa shape index (κ1) is 12.4. The largest absolute Gasteiger partial charge is 0.346 e. The Labute approximate surface area is 123 Å². The number of hydrogen-bond donors (Lipinski definition) is 2. The van der Waals surface area contributed by atoms with E-state index in [4.69, 9.17) is 0 Å². The van der Waals surface area contributed by atoms with Gasteiger partial charge in [-0.3, -0.25) is 5.10 Å². The van der Waals surface area contributed by atoms with Crippen LogP contribution in [0.15, 0.2) is 36.9 Å².